The molecule has 0 atom stereocenters. The van der Waals surface area contributed by atoms with Gasteiger partial charge in [0.25, 0.3) is 11.8 Å². The summed E-state index contributed by atoms with van der Waals surface area (Å²) >= 11 is 0. The first kappa shape index (κ1) is 18.3. The first-order chi connectivity index (χ1) is 12.1. The molecule has 25 heavy (non-hydrogen) atoms. The summed E-state index contributed by atoms with van der Waals surface area (Å²) in [5.74, 6) is 0.449. The number of benzene rings is 2. The van der Waals surface area contributed by atoms with Gasteiger partial charge >= 0.3 is 0 Å². The zero-order valence-corrected chi connectivity index (χ0v) is 14.4. The van der Waals surface area contributed by atoms with Crippen LogP contribution in [0.1, 0.15) is 29.8 Å². The van der Waals surface area contributed by atoms with Gasteiger partial charge in [-0.1, -0.05) is 19.1 Å². The third kappa shape index (κ3) is 5.84. The van der Waals surface area contributed by atoms with Gasteiger partial charge in [-0.05, 0) is 55.3 Å². The Morgan fingerprint density at radius 2 is 1.44 bits per heavy atom. The third-order valence-electron chi connectivity index (χ3n) is 3.44. The molecule has 6 nitrogen and oxygen atoms in total. The highest BCUT2D eigenvalue weighted by Gasteiger charge is 2.08. The maximum Gasteiger partial charge on any atom is 0.276 e. The lowest BCUT2D eigenvalue weighted by atomic mass is 10.1. The summed E-state index contributed by atoms with van der Waals surface area (Å²) in [6.07, 6.45) is 0.904. The normalized spacial score (nSPS) is 10.0. The molecule has 0 aliphatic carbocycles. The van der Waals surface area contributed by atoms with Gasteiger partial charge in [0, 0.05) is 5.56 Å². The number of aryl methyl sites for hydroxylation is 1. The molecule has 0 heterocycles. The standard InChI is InChI=1S/C19H22N2O4/c1-3-14-5-7-15(8-6-14)19(23)21-20-18(22)13-25-17-11-9-16(10-12-17)24-4-2/h5-12H,3-4,13H2,1-2H3,(H,20,22)(H,21,23). The fraction of sp³-hybridized carbons (Fsp3) is 0.263. The van der Waals surface area contributed by atoms with E-state index in [1.54, 1.807) is 36.4 Å². The molecule has 0 saturated carbocycles. The molecule has 0 saturated heterocycles. The molecule has 0 unspecified atom stereocenters. The number of carbonyl (C=O) groups is 2. The van der Waals surface area contributed by atoms with Gasteiger partial charge in [-0.2, -0.15) is 0 Å². The summed E-state index contributed by atoms with van der Waals surface area (Å²) in [4.78, 5) is 23.7. The van der Waals surface area contributed by atoms with Crippen LogP contribution in [0.4, 0.5) is 0 Å². The Bertz CT molecular complexity index is 696. The van der Waals surface area contributed by atoms with Crippen LogP contribution in [-0.2, 0) is 11.2 Å². The van der Waals surface area contributed by atoms with E-state index in [1.807, 2.05) is 26.0 Å². The molecule has 0 aliphatic heterocycles. The van der Waals surface area contributed by atoms with Crippen molar-refractivity contribution in [3.63, 3.8) is 0 Å². The predicted octanol–water partition coefficient (Wildman–Crippen LogP) is 2.49. The second-order valence-corrected chi connectivity index (χ2v) is 5.25. The zero-order chi connectivity index (χ0) is 18.1. The summed E-state index contributed by atoms with van der Waals surface area (Å²) in [7, 11) is 0. The molecule has 0 fully saturated rings. The van der Waals surface area contributed by atoms with Crippen LogP contribution in [0.2, 0.25) is 0 Å². The van der Waals surface area contributed by atoms with E-state index in [-0.39, 0.29) is 12.5 Å². The molecule has 2 aromatic carbocycles. The van der Waals surface area contributed by atoms with E-state index in [4.69, 9.17) is 9.47 Å². The van der Waals surface area contributed by atoms with Crippen molar-refractivity contribution in [2.75, 3.05) is 13.2 Å². The van der Waals surface area contributed by atoms with Crippen LogP contribution in [0.5, 0.6) is 11.5 Å². The minimum atomic E-state index is -0.451. The number of nitrogens with one attached hydrogen (secondary N) is 2. The third-order valence-corrected chi connectivity index (χ3v) is 3.44. The quantitative estimate of drug-likeness (QED) is 0.758. The van der Waals surface area contributed by atoms with Crippen LogP contribution >= 0.6 is 0 Å². The number of ether oxygens (including phenoxy) is 2. The molecule has 2 N–H and O–H groups in total. The number of hydrogen-bond acceptors (Lipinski definition) is 4. The Kier molecular flexibility index (Phi) is 6.83. The number of amides is 2. The molecule has 0 radical (unpaired) electrons. The first-order valence-electron chi connectivity index (χ1n) is 8.16. The summed E-state index contributed by atoms with van der Waals surface area (Å²) in [5, 5.41) is 0. The van der Waals surface area contributed by atoms with Gasteiger partial charge in [-0.25, -0.2) is 0 Å². The Labute approximate surface area is 147 Å². The first-order valence-corrected chi connectivity index (χ1v) is 8.16. The molecule has 2 amide bonds. The molecule has 0 aromatic heterocycles. The highest BCUT2D eigenvalue weighted by molar-refractivity contribution is 5.95. The molecule has 2 rings (SSSR count). The lowest BCUT2D eigenvalue weighted by Crippen LogP contribution is -2.43. The van der Waals surface area contributed by atoms with Gasteiger partial charge in [0.15, 0.2) is 6.61 Å². The van der Waals surface area contributed by atoms with E-state index in [2.05, 4.69) is 10.9 Å². The predicted molar refractivity (Wildman–Crippen MR) is 94.5 cm³/mol. The Morgan fingerprint density at radius 1 is 0.840 bits per heavy atom. The van der Waals surface area contributed by atoms with Crippen molar-refractivity contribution in [3.05, 3.63) is 59.7 Å². The Hall–Kier alpha value is -3.02. The monoisotopic (exact) mass is 342 g/mol. The number of hydrazine groups is 1. The molecular formula is C19H22N2O4. The van der Waals surface area contributed by atoms with Crippen molar-refractivity contribution in [2.45, 2.75) is 20.3 Å². The van der Waals surface area contributed by atoms with Gasteiger partial charge in [0.1, 0.15) is 11.5 Å². The topological polar surface area (TPSA) is 76.7 Å². The summed E-state index contributed by atoms with van der Waals surface area (Å²) in [6, 6.07) is 14.2. The van der Waals surface area contributed by atoms with Crippen molar-refractivity contribution in [3.8, 4) is 11.5 Å². The Balaban J connectivity index is 1.75. The van der Waals surface area contributed by atoms with Gasteiger partial charge in [-0.15, -0.1) is 0 Å². The second kappa shape index (κ2) is 9.32. The fourth-order valence-corrected chi connectivity index (χ4v) is 2.07. The SMILES string of the molecule is CCOc1ccc(OCC(=O)NNC(=O)c2ccc(CC)cc2)cc1. The van der Waals surface area contributed by atoms with E-state index >= 15 is 0 Å². The Morgan fingerprint density at radius 3 is 2.00 bits per heavy atom. The van der Waals surface area contributed by atoms with Gasteiger partial charge < -0.3 is 9.47 Å². The molecule has 0 aliphatic rings. The number of hydrogen-bond donors (Lipinski definition) is 2. The summed E-state index contributed by atoms with van der Waals surface area (Å²) in [6.45, 7) is 4.33. The fourth-order valence-electron chi connectivity index (χ4n) is 2.07. The molecule has 132 valence electrons. The largest absolute Gasteiger partial charge is 0.494 e. The van der Waals surface area contributed by atoms with E-state index in [1.165, 1.54) is 0 Å². The van der Waals surface area contributed by atoms with Gasteiger partial charge in [-0.3, -0.25) is 20.4 Å². The van der Waals surface area contributed by atoms with Crippen LogP contribution in [0.25, 0.3) is 0 Å². The molecule has 2 aromatic rings. The second-order valence-electron chi connectivity index (χ2n) is 5.25. The molecule has 6 heteroatoms. The lowest BCUT2D eigenvalue weighted by molar-refractivity contribution is -0.123. The van der Waals surface area contributed by atoms with Crippen LogP contribution in [0.15, 0.2) is 48.5 Å². The van der Waals surface area contributed by atoms with E-state index < -0.39 is 5.91 Å². The molecule has 0 spiro atoms. The average molecular weight is 342 g/mol. The zero-order valence-electron chi connectivity index (χ0n) is 14.4. The van der Waals surface area contributed by atoms with Crippen molar-refractivity contribution in [2.24, 2.45) is 0 Å². The average Bonchev–Trinajstić information content (AvgIpc) is 2.66. The van der Waals surface area contributed by atoms with Crippen LogP contribution in [0.3, 0.4) is 0 Å². The van der Waals surface area contributed by atoms with Crippen LogP contribution in [0, 0.1) is 0 Å². The van der Waals surface area contributed by atoms with Crippen molar-refractivity contribution < 1.29 is 19.1 Å². The smallest absolute Gasteiger partial charge is 0.276 e. The highest BCUT2D eigenvalue weighted by Crippen LogP contribution is 2.17. The molecular weight excluding hydrogens is 320 g/mol. The van der Waals surface area contributed by atoms with Crippen molar-refractivity contribution in [1.82, 2.24) is 10.9 Å². The van der Waals surface area contributed by atoms with Crippen LogP contribution < -0.4 is 20.3 Å². The van der Waals surface area contributed by atoms with E-state index in [9.17, 15) is 9.59 Å². The maximum atomic E-state index is 11.9. The lowest BCUT2D eigenvalue weighted by Gasteiger charge is -2.09. The number of rotatable bonds is 7. The summed E-state index contributed by atoms with van der Waals surface area (Å²) in [5.41, 5.74) is 6.30. The number of carbonyl (C=O) groups excluding carboxylic acids is 2. The van der Waals surface area contributed by atoms with Crippen molar-refractivity contribution >= 4 is 11.8 Å². The highest BCUT2D eigenvalue weighted by atomic mass is 16.5. The van der Waals surface area contributed by atoms with E-state index in [0.717, 1.165) is 17.7 Å². The van der Waals surface area contributed by atoms with Gasteiger partial charge in [0.2, 0.25) is 0 Å². The van der Waals surface area contributed by atoms with Crippen LogP contribution in [-0.4, -0.2) is 25.0 Å². The summed E-state index contributed by atoms with van der Waals surface area (Å²) < 4.78 is 10.7. The maximum absolute atomic E-state index is 11.9. The molecule has 0 bridgehead atoms. The van der Waals surface area contributed by atoms with E-state index in [0.29, 0.717) is 17.9 Å². The minimum Gasteiger partial charge on any atom is -0.494 e. The van der Waals surface area contributed by atoms with Gasteiger partial charge in [0.05, 0.1) is 6.61 Å². The van der Waals surface area contributed by atoms with Crippen molar-refractivity contribution in [1.29, 1.82) is 0 Å². The minimum absolute atomic E-state index is 0.205.